The summed E-state index contributed by atoms with van der Waals surface area (Å²) in [5, 5.41) is 5.93. The Morgan fingerprint density at radius 1 is 1.30 bits per heavy atom. The van der Waals surface area contributed by atoms with E-state index in [1.54, 1.807) is 17.6 Å². The standard InChI is InChI=1S/C14H15N3O2S/c1-10-12(9-17(2)8-11-5-6-18-16-11)15-14(19-10)13-4-3-7-20-13/h3-7H,8-9H2,1-2H3. The van der Waals surface area contributed by atoms with Crippen LogP contribution >= 0.6 is 11.3 Å². The molecule has 0 saturated heterocycles. The molecule has 0 spiro atoms. The van der Waals surface area contributed by atoms with Gasteiger partial charge in [-0.2, -0.15) is 0 Å². The molecule has 0 aliphatic carbocycles. The first-order chi connectivity index (χ1) is 9.72. The highest BCUT2D eigenvalue weighted by Gasteiger charge is 2.14. The van der Waals surface area contributed by atoms with Gasteiger partial charge >= 0.3 is 0 Å². The Morgan fingerprint density at radius 3 is 2.90 bits per heavy atom. The van der Waals surface area contributed by atoms with Crippen molar-refractivity contribution in [3.8, 4) is 10.8 Å². The molecule has 3 aromatic heterocycles. The number of nitrogens with zero attached hydrogens (tertiary/aromatic N) is 3. The van der Waals surface area contributed by atoms with E-state index in [2.05, 4.69) is 15.0 Å². The Bertz CT molecular complexity index is 659. The van der Waals surface area contributed by atoms with Gasteiger partial charge in [-0.25, -0.2) is 4.98 Å². The normalized spacial score (nSPS) is 11.3. The fourth-order valence-corrected chi connectivity index (χ4v) is 2.64. The quantitative estimate of drug-likeness (QED) is 0.721. The second-order valence-electron chi connectivity index (χ2n) is 4.66. The van der Waals surface area contributed by atoms with Gasteiger partial charge in [-0.1, -0.05) is 11.2 Å². The maximum Gasteiger partial charge on any atom is 0.236 e. The summed E-state index contributed by atoms with van der Waals surface area (Å²) in [5.41, 5.74) is 1.87. The van der Waals surface area contributed by atoms with E-state index in [0.717, 1.165) is 28.6 Å². The van der Waals surface area contributed by atoms with E-state index in [1.807, 2.05) is 37.6 Å². The van der Waals surface area contributed by atoms with Gasteiger partial charge in [0.2, 0.25) is 5.89 Å². The zero-order valence-corrected chi connectivity index (χ0v) is 12.2. The van der Waals surface area contributed by atoms with E-state index < -0.39 is 0 Å². The van der Waals surface area contributed by atoms with Crippen molar-refractivity contribution in [2.75, 3.05) is 7.05 Å². The highest BCUT2D eigenvalue weighted by molar-refractivity contribution is 7.13. The summed E-state index contributed by atoms with van der Waals surface area (Å²) in [6, 6.07) is 5.87. The van der Waals surface area contributed by atoms with Crippen molar-refractivity contribution in [2.45, 2.75) is 20.0 Å². The molecule has 6 heteroatoms. The summed E-state index contributed by atoms with van der Waals surface area (Å²) < 4.78 is 10.6. The van der Waals surface area contributed by atoms with Crippen molar-refractivity contribution >= 4 is 11.3 Å². The van der Waals surface area contributed by atoms with Crippen molar-refractivity contribution < 1.29 is 8.94 Å². The Morgan fingerprint density at radius 2 is 2.20 bits per heavy atom. The van der Waals surface area contributed by atoms with Crippen molar-refractivity contribution in [3.63, 3.8) is 0 Å². The number of hydrogen-bond acceptors (Lipinski definition) is 6. The largest absolute Gasteiger partial charge is 0.440 e. The molecule has 3 heterocycles. The van der Waals surface area contributed by atoms with Crippen LogP contribution in [0.2, 0.25) is 0 Å². The molecule has 0 unspecified atom stereocenters. The van der Waals surface area contributed by atoms with Gasteiger partial charge in [0.15, 0.2) is 0 Å². The number of hydrogen-bond donors (Lipinski definition) is 0. The van der Waals surface area contributed by atoms with E-state index in [4.69, 9.17) is 8.94 Å². The minimum Gasteiger partial charge on any atom is -0.440 e. The lowest BCUT2D eigenvalue weighted by Gasteiger charge is -2.12. The van der Waals surface area contributed by atoms with Crippen LogP contribution in [-0.4, -0.2) is 22.1 Å². The van der Waals surface area contributed by atoms with E-state index in [-0.39, 0.29) is 0 Å². The van der Waals surface area contributed by atoms with Gasteiger partial charge in [0.25, 0.3) is 0 Å². The summed E-state index contributed by atoms with van der Waals surface area (Å²) in [4.78, 5) is 7.76. The summed E-state index contributed by atoms with van der Waals surface area (Å²) in [5.74, 6) is 1.56. The monoisotopic (exact) mass is 289 g/mol. The second-order valence-corrected chi connectivity index (χ2v) is 5.61. The Hall–Kier alpha value is -1.92. The van der Waals surface area contributed by atoms with Gasteiger partial charge in [-0.15, -0.1) is 11.3 Å². The molecule has 0 aliphatic heterocycles. The highest BCUT2D eigenvalue weighted by atomic mass is 32.1. The van der Waals surface area contributed by atoms with Crippen LogP contribution in [0.25, 0.3) is 10.8 Å². The Labute approximate surface area is 120 Å². The van der Waals surface area contributed by atoms with Crippen LogP contribution < -0.4 is 0 Å². The molecular weight excluding hydrogens is 274 g/mol. The molecule has 3 aromatic rings. The second kappa shape index (κ2) is 5.60. The van der Waals surface area contributed by atoms with Crippen molar-refractivity contribution in [2.24, 2.45) is 0 Å². The maximum absolute atomic E-state index is 5.73. The average molecular weight is 289 g/mol. The van der Waals surface area contributed by atoms with Crippen LogP contribution in [0.5, 0.6) is 0 Å². The van der Waals surface area contributed by atoms with Crippen molar-refractivity contribution in [1.82, 2.24) is 15.0 Å². The summed E-state index contributed by atoms with van der Waals surface area (Å²) in [6.45, 7) is 3.38. The topological polar surface area (TPSA) is 55.3 Å². The van der Waals surface area contributed by atoms with E-state index >= 15 is 0 Å². The molecule has 0 aliphatic rings. The first-order valence-electron chi connectivity index (χ1n) is 6.30. The maximum atomic E-state index is 5.73. The number of thiophene rings is 1. The van der Waals surface area contributed by atoms with E-state index in [9.17, 15) is 0 Å². The van der Waals surface area contributed by atoms with Gasteiger partial charge in [0.05, 0.1) is 16.3 Å². The number of oxazole rings is 1. The molecule has 0 bridgehead atoms. The van der Waals surface area contributed by atoms with Crippen LogP contribution in [0.15, 0.2) is 38.8 Å². The predicted octanol–water partition coefficient (Wildman–Crippen LogP) is 3.33. The van der Waals surface area contributed by atoms with Crippen LogP contribution in [0, 0.1) is 6.92 Å². The molecular formula is C14H15N3O2S. The molecule has 20 heavy (non-hydrogen) atoms. The third-order valence-corrected chi connectivity index (χ3v) is 3.83. The van der Waals surface area contributed by atoms with Crippen molar-refractivity contribution in [3.05, 3.63) is 47.0 Å². The Balaban J connectivity index is 1.71. The smallest absolute Gasteiger partial charge is 0.236 e. The third-order valence-electron chi connectivity index (χ3n) is 2.97. The molecule has 0 saturated carbocycles. The number of aryl methyl sites for hydroxylation is 1. The molecule has 5 nitrogen and oxygen atoms in total. The lowest BCUT2D eigenvalue weighted by atomic mass is 10.3. The van der Waals surface area contributed by atoms with Gasteiger partial charge in [0.1, 0.15) is 12.0 Å². The summed E-state index contributed by atoms with van der Waals surface area (Å²) in [6.07, 6.45) is 1.58. The molecule has 0 radical (unpaired) electrons. The minimum absolute atomic E-state index is 0.697. The van der Waals surface area contributed by atoms with Crippen molar-refractivity contribution in [1.29, 1.82) is 0 Å². The van der Waals surface area contributed by atoms with E-state index in [1.165, 1.54) is 0 Å². The molecule has 0 aromatic carbocycles. The number of aromatic nitrogens is 2. The minimum atomic E-state index is 0.697. The first-order valence-corrected chi connectivity index (χ1v) is 7.18. The fraction of sp³-hybridized carbons (Fsp3) is 0.286. The summed E-state index contributed by atoms with van der Waals surface area (Å²) >= 11 is 1.63. The fourth-order valence-electron chi connectivity index (χ4n) is 1.99. The first kappa shape index (κ1) is 13.1. The molecule has 0 N–H and O–H groups in total. The van der Waals surface area contributed by atoms with Crippen LogP contribution in [0.3, 0.4) is 0 Å². The van der Waals surface area contributed by atoms with Crippen LogP contribution in [-0.2, 0) is 13.1 Å². The molecule has 0 amide bonds. The zero-order chi connectivity index (χ0) is 13.9. The number of rotatable bonds is 5. The van der Waals surface area contributed by atoms with Gasteiger partial charge in [-0.05, 0) is 25.4 Å². The predicted molar refractivity (Wildman–Crippen MR) is 76.2 cm³/mol. The SMILES string of the molecule is Cc1oc(-c2cccs2)nc1CN(C)Cc1ccon1. The summed E-state index contributed by atoms with van der Waals surface area (Å²) in [7, 11) is 2.02. The van der Waals surface area contributed by atoms with Gasteiger partial charge in [0, 0.05) is 19.2 Å². The van der Waals surface area contributed by atoms with E-state index in [0.29, 0.717) is 12.4 Å². The zero-order valence-electron chi connectivity index (χ0n) is 11.4. The molecule has 104 valence electrons. The lowest BCUT2D eigenvalue weighted by Crippen LogP contribution is -2.18. The lowest BCUT2D eigenvalue weighted by molar-refractivity contribution is 0.299. The third kappa shape index (κ3) is 2.81. The molecule has 0 fully saturated rings. The Kier molecular flexibility index (Phi) is 3.66. The molecule has 3 rings (SSSR count). The van der Waals surface area contributed by atoms with Gasteiger partial charge < -0.3 is 8.94 Å². The average Bonchev–Trinajstić information content (AvgIpc) is 3.12. The van der Waals surface area contributed by atoms with Crippen LogP contribution in [0.1, 0.15) is 17.1 Å². The van der Waals surface area contributed by atoms with Gasteiger partial charge in [-0.3, -0.25) is 4.90 Å². The highest BCUT2D eigenvalue weighted by Crippen LogP contribution is 2.26. The molecule has 0 atom stereocenters. The van der Waals surface area contributed by atoms with Crippen LogP contribution in [0.4, 0.5) is 0 Å².